The molecule has 1 aromatic heterocycles. The van der Waals surface area contributed by atoms with Crippen LogP contribution in [-0.2, 0) is 14.3 Å². The Bertz CT molecular complexity index is 1180. The van der Waals surface area contributed by atoms with Gasteiger partial charge in [0.05, 0.1) is 23.7 Å². The van der Waals surface area contributed by atoms with Crippen LogP contribution in [0.2, 0.25) is 0 Å². The van der Waals surface area contributed by atoms with Gasteiger partial charge in [0.25, 0.3) is 0 Å². The van der Waals surface area contributed by atoms with E-state index >= 15 is 0 Å². The summed E-state index contributed by atoms with van der Waals surface area (Å²) in [5, 5.41) is 19.6. The van der Waals surface area contributed by atoms with Gasteiger partial charge in [-0.25, -0.2) is 9.18 Å². The van der Waals surface area contributed by atoms with Crippen LogP contribution in [0.5, 0.6) is 0 Å². The van der Waals surface area contributed by atoms with E-state index in [-0.39, 0.29) is 24.4 Å². The van der Waals surface area contributed by atoms with Crippen molar-refractivity contribution in [2.45, 2.75) is 26.3 Å². The Hall–Kier alpha value is -4.15. The lowest BCUT2D eigenvalue weighted by Crippen LogP contribution is -2.39. The number of nitrogens with zero attached hydrogens (tertiary/aromatic N) is 6. The number of halogens is 1. The first-order chi connectivity index (χ1) is 15.5. The number of aryl methyl sites for hydroxylation is 1. The standard InChI is InChI=1S/C21H20FN7O3/c1-3-32-21(31)18-12-19(29(25-18)14-7-5-4-6-8-14)20(30)23-17-11-15(9-10-16(17)22)28-13(2)24-26-27-28/h4-11,19H,3,12H2,1-2H3,(H,23,30). The highest BCUT2D eigenvalue weighted by atomic mass is 19.1. The van der Waals surface area contributed by atoms with Crippen LogP contribution in [0.3, 0.4) is 0 Å². The average molecular weight is 437 g/mol. The van der Waals surface area contributed by atoms with Crippen molar-refractivity contribution in [1.29, 1.82) is 0 Å². The molecule has 1 N–H and O–H groups in total. The SMILES string of the molecule is CCOC(=O)C1=NN(c2ccccc2)C(C(=O)Nc2cc(-n3nnnc3C)ccc2F)C1. The van der Waals surface area contributed by atoms with Crippen molar-refractivity contribution < 1.29 is 18.7 Å². The third kappa shape index (κ3) is 4.17. The van der Waals surface area contributed by atoms with E-state index in [4.69, 9.17) is 4.74 Å². The number of amides is 1. The number of carbonyl (C=O) groups excluding carboxylic acids is 2. The number of carbonyl (C=O) groups is 2. The lowest BCUT2D eigenvalue weighted by atomic mass is 10.1. The third-order valence-electron chi connectivity index (χ3n) is 4.82. The number of hydrogen-bond acceptors (Lipinski definition) is 8. The molecule has 10 nitrogen and oxygen atoms in total. The summed E-state index contributed by atoms with van der Waals surface area (Å²) in [5.41, 5.74) is 1.18. The summed E-state index contributed by atoms with van der Waals surface area (Å²) in [4.78, 5) is 25.4. The number of ether oxygens (including phenoxy) is 1. The monoisotopic (exact) mass is 437 g/mol. The van der Waals surface area contributed by atoms with E-state index in [2.05, 4.69) is 25.9 Å². The van der Waals surface area contributed by atoms with Crippen LogP contribution >= 0.6 is 0 Å². The number of benzene rings is 2. The van der Waals surface area contributed by atoms with Gasteiger partial charge in [-0.05, 0) is 54.6 Å². The second-order valence-electron chi connectivity index (χ2n) is 6.96. The van der Waals surface area contributed by atoms with Crippen molar-refractivity contribution in [1.82, 2.24) is 20.2 Å². The Morgan fingerprint density at radius 2 is 1.97 bits per heavy atom. The predicted octanol–water partition coefficient (Wildman–Crippen LogP) is 2.25. The molecule has 0 aliphatic carbocycles. The summed E-state index contributed by atoms with van der Waals surface area (Å²) in [7, 11) is 0. The second kappa shape index (κ2) is 8.92. The molecule has 1 amide bonds. The Kier molecular flexibility index (Phi) is 5.88. The Morgan fingerprint density at radius 3 is 2.66 bits per heavy atom. The van der Waals surface area contributed by atoms with Gasteiger partial charge < -0.3 is 10.1 Å². The summed E-state index contributed by atoms with van der Waals surface area (Å²) in [6.07, 6.45) is 0.0208. The number of anilines is 2. The van der Waals surface area contributed by atoms with Gasteiger partial charge >= 0.3 is 5.97 Å². The molecular weight excluding hydrogens is 417 g/mol. The molecule has 0 bridgehead atoms. The van der Waals surface area contributed by atoms with Crippen molar-refractivity contribution in [3.05, 3.63) is 60.2 Å². The maximum Gasteiger partial charge on any atom is 0.354 e. The molecule has 0 radical (unpaired) electrons. The molecule has 1 atom stereocenters. The van der Waals surface area contributed by atoms with E-state index in [1.807, 2.05) is 6.07 Å². The fourth-order valence-corrected chi connectivity index (χ4v) is 3.30. The largest absolute Gasteiger partial charge is 0.461 e. The number of esters is 1. The Labute approximate surface area is 182 Å². The summed E-state index contributed by atoms with van der Waals surface area (Å²) >= 11 is 0. The molecular formula is C21H20FN7O3. The maximum atomic E-state index is 14.5. The van der Waals surface area contributed by atoms with E-state index in [1.165, 1.54) is 27.9 Å². The Morgan fingerprint density at radius 1 is 1.19 bits per heavy atom. The fourth-order valence-electron chi connectivity index (χ4n) is 3.30. The minimum absolute atomic E-state index is 0.0208. The molecule has 0 saturated carbocycles. The number of hydrogen-bond donors (Lipinski definition) is 1. The minimum Gasteiger partial charge on any atom is -0.461 e. The lowest BCUT2D eigenvalue weighted by molar-refractivity contribution is -0.135. The van der Waals surface area contributed by atoms with Gasteiger partial charge in [0, 0.05) is 6.42 Å². The summed E-state index contributed by atoms with van der Waals surface area (Å²) < 4.78 is 20.9. The van der Waals surface area contributed by atoms with Crippen LogP contribution in [0.15, 0.2) is 53.6 Å². The zero-order valence-electron chi connectivity index (χ0n) is 17.4. The number of nitrogens with one attached hydrogen (secondary N) is 1. The van der Waals surface area contributed by atoms with Crippen LogP contribution in [0, 0.1) is 12.7 Å². The normalized spacial score (nSPS) is 15.4. The number of para-hydroxylation sites is 1. The van der Waals surface area contributed by atoms with Crippen LogP contribution < -0.4 is 10.3 Å². The highest BCUT2D eigenvalue weighted by molar-refractivity contribution is 6.38. The van der Waals surface area contributed by atoms with Crippen molar-refractivity contribution in [3.63, 3.8) is 0 Å². The molecule has 1 aliphatic rings. The van der Waals surface area contributed by atoms with Crippen molar-refractivity contribution in [2.75, 3.05) is 16.9 Å². The first kappa shape index (κ1) is 21.1. The van der Waals surface area contributed by atoms with Gasteiger partial charge in [-0.15, -0.1) is 5.10 Å². The van der Waals surface area contributed by atoms with Gasteiger partial charge in [0.15, 0.2) is 5.82 Å². The van der Waals surface area contributed by atoms with Crippen molar-refractivity contribution >= 4 is 29.0 Å². The molecule has 2 aromatic carbocycles. The highest BCUT2D eigenvalue weighted by Crippen LogP contribution is 2.27. The molecule has 1 aliphatic heterocycles. The summed E-state index contributed by atoms with van der Waals surface area (Å²) in [6, 6.07) is 12.2. The van der Waals surface area contributed by atoms with Crippen LogP contribution in [0.4, 0.5) is 15.8 Å². The molecule has 0 fully saturated rings. The van der Waals surface area contributed by atoms with E-state index in [1.54, 1.807) is 38.1 Å². The van der Waals surface area contributed by atoms with E-state index in [0.717, 1.165) is 0 Å². The second-order valence-corrected chi connectivity index (χ2v) is 6.96. The van der Waals surface area contributed by atoms with E-state index in [0.29, 0.717) is 17.2 Å². The predicted molar refractivity (Wildman–Crippen MR) is 114 cm³/mol. The first-order valence-corrected chi connectivity index (χ1v) is 9.92. The first-order valence-electron chi connectivity index (χ1n) is 9.92. The lowest BCUT2D eigenvalue weighted by Gasteiger charge is -2.23. The van der Waals surface area contributed by atoms with E-state index < -0.39 is 23.7 Å². The van der Waals surface area contributed by atoms with Gasteiger partial charge in [-0.3, -0.25) is 9.80 Å². The zero-order chi connectivity index (χ0) is 22.7. The minimum atomic E-state index is -0.866. The molecule has 32 heavy (non-hydrogen) atoms. The highest BCUT2D eigenvalue weighted by Gasteiger charge is 2.37. The number of tetrazole rings is 1. The molecule has 3 aromatic rings. The van der Waals surface area contributed by atoms with Crippen LogP contribution in [0.25, 0.3) is 5.69 Å². The number of aromatic nitrogens is 4. The maximum absolute atomic E-state index is 14.5. The zero-order valence-corrected chi connectivity index (χ0v) is 17.4. The molecule has 11 heteroatoms. The molecule has 2 heterocycles. The van der Waals surface area contributed by atoms with Gasteiger partial charge in [-0.1, -0.05) is 18.2 Å². The van der Waals surface area contributed by atoms with Gasteiger partial charge in [0.2, 0.25) is 5.91 Å². The molecule has 0 spiro atoms. The fraction of sp³-hybridized carbons (Fsp3) is 0.238. The topological polar surface area (TPSA) is 115 Å². The molecule has 164 valence electrons. The number of rotatable bonds is 6. The Balaban J connectivity index is 1.61. The van der Waals surface area contributed by atoms with E-state index in [9.17, 15) is 14.0 Å². The number of hydrazone groups is 1. The van der Waals surface area contributed by atoms with Gasteiger partial charge in [-0.2, -0.15) is 9.78 Å². The summed E-state index contributed by atoms with van der Waals surface area (Å²) in [6.45, 7) is 3.58. The van der Waals surface area contributed by atoms with Gasteiger partial charge in [0.1, 0.15) is 17.6 Å². The van der Waals surface area contributed by atoms with Crippen LogP contribution in [0.1, 0.15) is 19.2 Å². The summed E-state index contributed by atoms with van der Waals surface area (Å²) in [5.74, 6) is -1.23. The third-order valence-corrected chi connectivity index (χ3v) is 4.82. The van der Waals surface area contributed by atoms with Crippen molar-refractivity contribution in [3.8, 4) is 5.69 Å². The molecule has 0 saturated heterocycles. The quantitative estimate of drug-likeness (QED) is 0.588. The average Bonchev–Trinajstić information content (AvgIpc) is 3.43. The molecule has 4 rings (SSSR count). The van der Waals surface area contributed by atoms with Crippen LogP contribution in [-0.4, -0.2) is 50.4 Å². The molecule has 1 unspecified atom stereocenters. The van der Waals surface area contributed by atoms with Crippen molar-refractivity contribution in [2.24, 2.45) is 5.10 Å². The smallest absolute Gasteiger partial charge is 0.354 e.